The van der Waals surface area contributed by atoms with Gasteiger partial charge in [-0.1, -0.05) is 0 Å². The molecule has 1 rings (SSSR count). The molecule has 1 unspecified atom stereocenters. The Kier molecular flexibility index (Phi) is 5.40. The zero-order valence-corrected chi connectivity index (χ0v) is 11.3. The van der Waals surface area contributed by atoms with E-state index in [4.69, 9.17) is 9.84 Å². The van der Waals surface area contributed by atoms with Gasteiger partial charge >= 0.3 is 12.0 Å². The fourth-order valence-electron chi connectivity index (χ4n) is 1.99. The minimum Gasteiger partial charge on any atom is -0.480 e. The van der Waals surface area contributed by atoms with Crippen molar-refractivity contribution in [2.45, 2.75) is 25.8 Å². The molecular weight excluding hydrogens is 236 g/mol. The lowest BCUT2D eigenvalue weighted by Crippen LogP contribution is -2.47. The van der Waals surface area contributed by atoms with Crippen molar-refractivity contribution in [2.75, 3.05) is 33.9 Å². The number of carboxylic acids is 1. The molecule has 1 atom stereocenters. The lowest BCUT2D eigenvalue weighted by molar-refractivity contribution is -0.141. The third kappa shape index (κ3) is 3.87. The molecule has 0 spiro atoms. The summed E-state index contributed by atoms with van der Waals surface area (Å²) < 4.78 is 5.27. The number of carboxylic acid groups (broad SMARTS) is 1. The second-order valence-corrected chi connectivity index (χ2v) is 4.84. The van der Waals surface area contributed by atoms with Gasteiger partial charge in [0.05, 0.1) is 0 Å². The molecule has 1 aliphatic heterocycles. The van der Waals surface area contributed by atoms with Crippen LogP contribution in [0.4, 0.5) is 4.79 Å². The van der Waals surface area contributed by atoms with Crippen LogP contribution >= 0.6 is 0 Å². The van der Waals surface area contributed by atoms with E-state index >= 15 is 0 Å². The van der Waals surface area contributed by atoms with Gasteiger partial charge in [0, 0.05) is 33.9 Å². The fourth-order valence-corrected chi connectivity index (χ4v) is 1.99. The summed E-state index contributed by atoms with van der Waals surface area (Å²) in [7, 11) is 3.23. The highest BCUT2D eigenvalue weighted by Crippen LogP contribution is 2.16. The summed E-state index contributed by atoms with van der Waals surface area (Å²) in [4.78, 5) is 25.7. The lowest BCUT2D eigenvalue weighted by Gasteiger charge is -2.31. The van der Waals surface area contributed by atoms with Crippen molar-refractivity contribution in [2.24, 2.45) is 5.92 Å². The minimum absolute atomic E-state index is 0.253. The van der Waals surface area contributed by atoms with E-state index in [-0.39, 0.29) is 6.03 Å². The molecule has 0 radical (unpaired) electrons. The topological polar surface area (TPSA) is 70.1 Å². The zero-order valence-electron chi connectivity index (χ0n) is 11.3. The largest absolute Gasteiger partial charge is 0.480 e. The molecule has 6 nitrogen and oxygen atoms in total. The molecule has 0 aromatic heterocycles. The van der Waals surface area contributed by atoms with Gasteiger partial charge in [-0.05, 0) is 25.7 Å². The van der Waals surface area contributed by atoms with E-state index in [9.17, 15) is 9.59 Å². The van der Waals surface area contributed by atoms with Crippen LogP contribution in [0.1, 0.15) is 19.8 Å². The van der Waals surface area contributed by atoms with Crippen LogP contribution < -0.4 is 0 Å². The summed E-state index contributed by atoms with van der Waals surface area (Å²) in [6, 6.07) is -1.06. The van der Waals surface area contributed by atoms with E-state index in [1.807, 2.05) is 0 Å². The predicted molar refractivity (Wildman–Crippen MR) is 66.4 cm³/mol. The van der Waals surface area contributed by atoms with Gasteiger partial charge < -0.3 is 19.6 Å². The number of aliphatic carboxylic acids is 1. The summed E-state index contributed by atoms with van der Waals surface area (Å²) in [5, 5.41) is 8.88. The van der Waals surface area contributed by atoms with E-state index in [0.717, 1.165) is 26.1 Å². The molecule has 1 aliphatic rings. The number of rotatable bonds is 4. The molecule has 0 aromatic rings. The van der Waals surface area contributed by atoms with Crippen LogP contribution in [-0.2, 0) is 9.53 Å². The number of ether oxygens (including phenoxy) is 1. The van der Waals surface area contributed by atoms with Gasteiger partial charge in [0.1, 0.15) is 6.04 Å². The quantitative estimate of drug-likeness (QED) is 0.812. The average molecular weight is 258 g/mol. The van der Waals surface area contributed by atoms with Gasteiger partial charge in [0.15, 0.2) is 0 Å². The maximum atomic E-state index is 12.0. The van der Waals surface area contributed by atoms with Crippen LogP contribution in [0.15, 0.2) is 0 Å². The minimum atomic E-state index is -0.995. The van der Waals surface area contributed by atoms with Crippen molar-refractivity contribution >= 4 is 12.0 Å². The van der Waals surface area contributed by atoms with Gasteiger partial charge in [-0.15, -0.1) is 0 Å². The molecule has 1 N–H and O–H groups in total. The van der Waals surface area contributed by atoms with Gasteiger partial charge in [0.25, 0.3) is 0 Å². The van der Waals surface area contributed by atoms with Crippen molar-refractivity contribution in [3.63, 3.8) is 0 Å². The molecule has 0 aromatic carbocycles. The number of hydrogen-bond acceptors (Lipinski definition) is 3. The van der Waals surface area contributed by atoms with Crippen LogP contribution in [0.5, 0.6) is 0 Å². The van der Waals surface area contributed by atoms with Gasteiger partial charge in [0.2, 0.25) is 0 Å². The second kappa shape index (κ2) is 6.58. The first-order chi connectivity index (χ1) is 8.43. The van der Waals surface area contributed by atoms with Crippen LogP contribution in [0.25, 0.3) is 0 Å². The summed E-state index contributed by atoms with van der Waals surface area (Å²) in [5.41, 5.74) is 0. The number of carbonyl (C=O) groups is 2. The van der Waals surface area contributed by atoms with Crippen LogP contribution in [0.2, 0.25) is 0 Å². The standard InChI is InChI=1S/C12H22N2O4/c1-9(11(15)16)14(3)12(17)13(2)8-10-4-6-18-7-5-10/h9-10H,4-8H2,1-3H3,(H,15,16). The highest BCUT2D eigenvalue weighted by Gasteiger charge is 2.26. The molecule has 1 fully saturated rings. The number of nitrogens with zero attached hydrogens (tertiary/aromatic N) is 2. The summed E-state index contributed by atoms with van der Waals surface area (Å²) in [6.07, 6.45) is 1.91. The smallest absolute Gasteiger partial charge is 0.326 e. The van der Waals surface area contributed by atoms with E-state index < -0.39 is 12.0 Å². The highest BCUT2D eigenvalue weighted by molar-refractivity contribution is 5.82. The summed E-state index contributed by atoms with van der Waals surface area (Å²) in [5.74, 6) is -0.549. The van der Waals surface area contributed by atoms with E-state index in [2.05, 4.69) is 0 Å². The van der Waals surface area contributed by atoms with Crippen LogP contribution in [-0.4, -0.2) is 66.8 Å². The zero-order chi connectivity index (χ0) is 13.7. The number of hydrogen-bond donors (Lipinski definition) is 1. The monoisotopic (exact) mass is 258 g/mol. The molecule has 0 aliphatic carbocycles. The third-order valence-corrected chi connectivity index (χ3v) is 3.44. The van der Waals surface area contributed by atoms with Crippen molar-refractivity contribution in [3.8, 4) is 0 Å². The number of amides is 2. The molecular formula is C12H22N2O4. The van der Waals surface area contributed by atoms with E-state index in [0.29, 0.717) is 12.5 Å². The first kappa shape index (κ1) is 14.8. The van der Waals surface area contributed by atoms with Crippen molar-refractivity contribution in [1.29, 1.82) is 0 Å². The van der Waals surface area contributed by atoms with Crippen LogP contribution in [0, 0.1) is 5.92 Å². The molecule has 18 heavy (non-hydrogen) atoms. The molecule has 0 saturated carbocycles. The molecule has 104 valence electrons. The Hall–Kier alpha value is -1.30. The predicted octanol–water partition coefficient (Wildman–Crippen LogP) is 0.870. The highest BCUT2D eigenvalue weighted by atomic mass is 16.5. The Balaban J connectivity index is 2.46. The average Bonchev–Trinajstić information content (AvgIpc) is 2.37. The van der Waals surface area contributed by atoms with E-state index in [1.54, 1.807) is 11.9 Å². The van der Waals surface area contributed by atoms with Gasteiger partial charge in [-0.25, -0.2) is 9.59 Å². The number of urea groups is 1. The Bertz CT molecular complexity index is 302. The van der Waals surface area contributed by atoms with Gasteiger partial charge in [-0.2, -0.15) is 0 Å². The van der Waals surface area contributed by atoms with Crippen molar-refractivity contribution < 1.29 is 19.4 Å². The van der Waals surface area contributed by atoms with Crippen molar-refractivity contribution in [1.82, 2.24) is 9.80 Å². The molecule has 1 heterocycles. The van der Waals surface area contributed by atoms with Crippen LogP contribution in [0.3, 0.4) is 0 Å². The first-order valence-corrected chi connectivity index (χ1v) is 6.22. The second-order valence-electron chi connectivity index (χ2n) is 4.84. The molecule has 0 bridgehead atoms. The van der Waals surface area contributed by atoms with E-state index in [1.165, 1.54) is 18.9 Å². The Labute approximate surface area is 107 Å². The fraction of sp³-hybridized carbons (Fsp3) is 0.833. The maximum absolute atomic E-state index is 12.0. The Morgan fingerprint density at radius 1 is 1.33 bits per heavy atom. The van der Waals surface area contributed by atoms with Crippen molar-refractivity contribution in [3.05, 3.63) is 0 Å². The SMILES string of the molecule is CC(C(=O)O)N(C)C(=O)N(C)CC1CCOCC1. The summed E-state index contributed by atoms with van der Waals surface area (Å²) in [6.45, 7) is 3.64. The molecule has 6 heteroatoms. The number of carbonyl (C=O) groups excluding carboxylic acids is 1. The Morgan fingerprint density at radius 3 is 2.39 bits per heavy atom. The third-order valence-electron chi connectivity index (χ3n) is 3.44. The maximum Gasteiger partial charge on any atom is 0.326 e. The lowest BCUT2D eigenvalue weighted by atomic mass is 10.00. The first-order valence-electron chi connectivity index (χ1n) is 6.22. The molecule has 2 amide bonds. The Morgan fingerprint density at radius 2 is 1.89 bits per heavy atom. The number of likely N-dealkylation sites (N-methyl/N-ethyl adjacent to an activating group) is 1. The normalized spacial score (nSPS) is 18.2. The molecule has 1 saturated heterocycles. The summed E-state index contributed by atoms with van der Waals surface area (Å²) >= 11 is 0. The van der Waals surface area contributed by atoms with Gasteiger partial charge in [-0.3, -0.25) is 0 Å².